The number of hydrogen-bond acceptors (Lipinski definition) is 9. The van der Waals surface area contributed by atoms with Crippen molar-refractivity contribution >= 4 is 51.2 Å². The van der Waals surface area contributed by atoms with Crippen LogP contribution in [0.4, 0.5) is 5.82 Å². The van der Waals surface area contributed by atoms with Crippen LogP contribution in [-0.4, -0.2) is 47.1 Å². The van der Waals surface area contributed by atoms with Crippen molar-refractivity contribution in [3.05, 3.63) is 62.5 Å². The number of hydrogen-bond donors (Lipinski definition) is 3. The van der Waals surface area contributed by atoms with Gasteiger partial charge in [-0.1, -0.05) is 24.2 Å². The van der Waals surface area contributed by atoms with Crippen molar-refractivity contribution in [2.75, 3.05) is 5.32 Å². The highest BCUT2D eigenvalue weighted by Crippen LogP contribution is 2.40. The summed E-state index contributed by atoms with van der Waals surface area (Å²) in [5.41, 5.74) is 2.63. The summed E-state index contributed by atoms with van der Waals surface area (Å²) in [5, 5.41) is 28.5. The third-order valence-corrected chi connectivity index (χ3v) is 6.32. The number of imidazole rings is 1. The van der Waals surface area contributed by atoms with E-state index in [0.717, 1.165) is 14.8 Å². The van der Waals surface area contributed by atoms with Crippen LogP contribution in [0.2, 0.25) is 5.28 Å². The zero-order valence-corrected chi connectivity index (χ0v) is 20.3. The predicted molar refractivity (Wildman–Crippen MR) is 128 cm³/mol. The van der Waals surface area contributed by atoms with Gasteiger partial charge in [0.15, 0.2) is 29.0 Å². The van der Waals surface area contributed by atoms with Crippen molar-refractivity contribution in [1.29, 1.82) is 0 Å². The van der Waals surface area contributed by atoms with E-state index in [1.807, 2.05) is 25.1 Å². The van der Waals surface area contributed by atoms with E-state index in [1.165, 1.54) is 10.9 Å². The lowest BCUT2D eigenvalue weighted by atomic mass is 10.1. The Hall–Kier alpha value is -2.32. The molecular weight excluding hydrogens is 563 g/mol. The van der Waals surface area contributed by atoms with Gasteiger partial charge in [-0.25, -0.2) is 4.98 Å². The molecule has 0 saturated carbocycles. The van der Waals surface area contributed by atoms with Crippen molar-refractivity contribution in [2.24, 2.45) is 0 Å². The Morgan fingerprint density at radius 3 is 2.82 bits per heavy atom. The van der Waals surface area contributed by atoms with Crippen LogP contribution < -0.4 is 5.32 Å². The summed E-state index contributed by atoms with van der Waals surface area (Å²) in [6, 6.07) is 9.77. The Morgan fingerprint density at radius 2 is 2.06 bits per heavy atom. The molecule has 5 rings (SSSR count). The number of nitrogens with zero attached hydrogens (tertiary/aromatic N) is 5. The molecule has 4 heterocycles. The number of nitrogens with one attached hydrogen (secondary N) is 1. The smallest absolute Gasteiger partial charge is 0.226 e. The molecule has 1 fully saturated rings. The van der Waals surface area contributed by atoms with Gasteiger partial charge in [-0.05, 0) is 58.3 Å². The lowest BCUT2D eigenvalue weighted by Crippen LogP contribution is -2.28. The van der Waals surface area contributed by atoms with Gasteiger partial charge in [0, 0.05) is 16.2 Å². The summed E-state index contributed by atoms with van der Waals surface area (Å²) in [5.74, 6) is 0.799. The normalized spacial score (nSPS) is 22.8. The third kappa shape index (κ3) is 4.30. The summed E-state index contributed by atoms with van der Waals surface area (Å²) < 4.78 is 13.9. The molecule has 0 aliphatic carbocycles. The first-order chi connectivity index (χ1) is 15.9. The Bertz CT molecular complexity index is 1300. The second-order valence-corrected chi connectivity index (χ2v) is 9.24. The maximum atomic E-state index is 10.7. The molecule has 1 aliphatic heterocycles. The van der Waals surface area contributed by atoms with Crippen LogP contribution >= 0.6 is 34.2 Å². The summed E-state index contributed by atoms with van der Waals surface area (Å²) in [7, 11) is 0. The van der Waals surface area contributed by atoms with Crippen molar-refractivity contribution in [2.45, 2.75) is 44.4 Å². The molecule has 1 saturated heterocycles. The molecule has 172 valence electrons. The van der Waals surface area contributed by atoms with E-state index in [2.05, 4.69) is 54.1 Å². The van der Waals surface area contributed by atoms with Crippen LogP contribution in [0.3, 0.4) is 0 Å². The Morgan fingerprint density at radius 1 is 1.21 bits per heavy atom. The average molecular weight is 583 g/mol. The molecule has 10 nitrogen and oxygen atoms in total. The van der Waals surface area contributed by atoms with Crippen LogP contribution in [0, 0.1) is 3.57 Å². The van der Waals surface area contributed by atoms with Gasteiger partial charge in [-0.15, -0.1) is 0 Å². The van der Waals surface area contributed by atoms with Crippen LogP contribution in [0.1, 0.15) is 36.3 Å². The van der Waals surface area contributed by atoms with Gasteiger partial charge in [0.25, 0.3) is 0 Å². The number of halogens is 2. The van der Waals surface area contributed by atoms with Gasteiger partial charge in [0.1, 0.15) is 18.3 Å². The van der Waals surface area contributed by atoms with Gasteiger partial charge in [0.05, 0.1) is 12.0 Å². The van der Waals surface area contributed by atoms with Crippen LogP contribution in [-0.2, 0) is 17.7 Å². The number of anilines is 1. The van der Waals surface area contributed by atoms with Crippen molar-refractivity contribution in [3.63, 3.8) is 0 Å². The molecule has 12 heteroatoms. The van der Waals surface area contributed by atoms with Gasteiger partial charge in [0.2, 0.25) is 5.28 Å². The number of aromatic nitrogens is 5. The Labute approximate surface area is 207 Å². The maximum absolute atomic E-state index is 10.7. The first-order valence-electron chi connectivity index (χ1n) is 10.3. The number of aliphatic hydroxyl groups excluding tert-OH is 2. The molecule has 33 heavy (non-hydrogen) atoms. The van der Waals surface area contributed by atoms with E-state index in [-0.39, 0.29) is 5.28 Å². The molecular formula is C21H20ClIN6O4. The highest BCUT2D eigenvalue weighted by Gasteiger charge is 2.46. The minimum atomic E-state index is -1.25. The van der Waals surface area contributed by atoms with Crippen LogP contribution in [0.15, 0.2) is 41.2 Å². The highest BCUT2D eigenvalue weighted by atomic mass is 127. The Kier molecular flexibility index (Phi) is 6.22. The topological polar surface area (TPSA) is 131 Å². The third-order valence-electron chi connectivity index (χ3n) is 5.48. The fourth-order valence-electron chi connectivity index (χ4n) is 3.79. The van der Waals surface area contributed by atoms with Gasteiger partial charge < -0.3 is 24.8 Å². The molecule has 0 bridgehead atoms. The summed E-state index contributed by atoms with van der Waals surface area (Å²) in [4.78, 5) is 13.0. The monoisotopic (exact) mass is 582 g/mol. The zero-order chi connectivity index (χ0) is 23.1. The first-order valence-corrected chi connectivity index (χ1v) is 11.8. The van der Waals surface area contributed by atoms with E-state index in [9.17, 15) is 10.2 Å². The standard InChI is InChI=1S/C21H20ClIN6O4/c1-2-12-7-13(33-28-12)17-15(30)16(31)20(32-17)29-9-25-14-18(26-21(22)27-19(14)29)24-8-10-4-3-5-11(23)6-10/h3-7,9,15-17,20,30-31H,2,8H2,1H3,(H,24,26,27)/t15-,16+,17+,20+/m0/s1. The average Bonchev–Trinajstić information content (AvgIpc) is 3.51. The molecule has 1 aliphatic rings. The molecule has 0 unspecified atom stereocenters. The minimum Gasteiger partial charge on any atom is -0.387 e. The molecule has 0 radical (unpaired) electrons. The fraction of sp³-hybridized carbons (Fsp3) is 0.333. The number of rotatable bonds is 6. The Balaban J connectivity index is 1.44. The predicted octanol–water partition coefficient (Wildman–Crippen LogP) is 3.24. The molecule has 0 amide bonds. The van der Waals surface area contributed by atoms with E-state index >= 15 is 0 Å². The van der Waals surface area contributed by atoms with E-state index in [1.54, 1.807) is 6.07 Å². The van der Waals surface area contributed by atoms with Gasteiger partial charge >= 0.3 is 0 Å². The number of ether oxygens (including phenoxy) is 1. The second kappa shape index (κ2) is 9.14. The highest BCUT2D eigenvalue weighted by molar-refractivity contribution is 14.1. The number of benzene rings is 1. The van der Waals surface area contributed by atoms with Crippen LogP contribution in [0.25, 0.3) is 11.2 Å². The lowest BCUT2D eigenvalue weighted by Gasteiger charge is -2.16. The SMILES string of the molecule is CCc1cc([C@H]2O[C@@H](n3cnc4c(NCc5cccc(I)c5)nc(Cl)nc43)[C@H](O)[C@@H]2O)on1. The van der Waals surface area contributed by atoms with Crippen LogP contribution in [0.5, 0.6) is 0 Å². The van der Waals surface area contributed by atoms with E-state index < -0.39 is 24.5 Å². The summed E-state index contributed by atoms with van der Waals surface area (Å²) in [6.45, 7) is 2.46. The second-order valence-electron chi connectivity index (χ2n) is 7.65. The minimum absolute atomic E-state index is 0.0156. The molecule has 1 aromatic carbocycles. The lowest BCUT2D eigenvalue weighted by molar-refractivity contribution is -0.0434. The number of aliphatic hydroxyl groups is 2. The van der Waals surface area contributed by atoms with E-state index in [0.29, 0.717) is 35.7 Å². The number of fused-ring (bicyclic) bond motifs is 1. The summed E-state index contributed by atoms with van der Waals surface area (Å²) in [6.07, 6.45) is -2.16. The zero-order valence-electron chi connectivity index (χ0n) is 17.4. The molecule has 4 aromatic rings. The number of aryl methyl sites for hydroxylation is 1. The fourth-order valence-corrected chi connectivity index (χ4v) is 4.56. The molecule has 3 aromatic heterocycles. The molecule has 3 N–H and O–H groups in total. The molecule has 0 spiro atoms. The van der Waals surface area contributed by atoms with Gasteiger partial charge in [-0.2, -0.15) is 9.97 Å². The van der Waals surface area contributed by atoms with Crippen molar-refractivity contribution in [3.8, 4) is 0 Å². The van der Waals surface area contributed by atoms with Crippen molar-refractivity contribution < 1.29 is 19.5 Å². The summed E-state index contributed by atoms with van der Waals surface area (Å²) >= 11 is 8.45. The quantitative estimate of drug-likeness (QED) is 0.232. The molecule has 4 atom stereocenters. The van der Waals surface area contributed by atoms with E-state index in [4.69, 9.17) is 20.9 Å². The first kappa shape index (κ1) is 22.5. The van der Waals surface area contributed by atoms with Gasteiger partial charge in [-0.3, -0.25) is 4.57 Å². The largest absolute Gasteiger partial charge is 0.387 e. The van der Waals surface area contributed by atoms with Crippen molar-refractivity contribution in [1.82, 2.24) is 24.7 Å². The maximum Gasteiger partial charge on any atom is 0.226 e.